The zero-order valence-electron chi connectivity index (χ0n) is 12.8. The molecule has 1 amide bonds. The van der Waals surface area contributed by atoms with Crippen LogP contribution < -0.4 is 5.32 Å². The summed E-state index contributed by atoms with van der Waals surface area (Å²) in [5.41, 5.74) is 1.21. The van der Waals surface area contributed by atoms with Crippen molar-refractivity contribution in [2.24, 2.45) is 17.8 Å². The van der Waals surface area contributed by atoms with Crippen molar-refractivity contribution >= 4 is 11.9 Å². The van der Waals surface area contributed by atoms with Crippen LogP contribution in [0.3, 0.4) is 0 Å². The van der Waals surface area contributed by atoms with Gasteiger partial charge in [0.25, 0.3) is 0 Å². The molecule has 2 unspecified atom stereocenters. The van der Waals surface area contributed by atoms with Gasteiger partial charge in [0.1, 0.15) is 0 Å². The Kier molecular flexibility index (Phi) is 4.46. The number of benzene rings is 1. The van der Waals surface area contributed by atoms with Gasteiger partial charge in [-0.25, -0.2) is 4.79 Å². The van der Waals surface area contributed by atoms with E-state index in [1.807, 2.05) is 0 Å². The summed E-state index contributed by atoms with van der Waals surface area (Å²) >= 11 is 0. The topological polar surface area (TPSA) is 66.4 Å². The van der Waals surface area contributed by atoms with E-state index in [0.29, 0.717) is 12.5 Å². The molecule has 2 aliphatic rings. The van der Waals surface area contributed by atoms with Gasteiger partial charge in [0.15, 0.2) is 0 Å². The minimum absolute atomic E-state index is 0.165. The van der Waals surface area contributed by atoms with Crippen molar-refractivity contribution in [2.45, 2.75) is 45.1 Å². The first-order valence-corrected chi connectivity index (χ1v) is 8.25. The molecule has 0 aromatic heterocycles. The second-order valence-corrected chi connectivity index (χ2v) is 6.62. The summed E-state index contributed by atoms with van der Waals surface area (Å²) in [6, 6.07) is 6.67. The van der Waals surface area contributed by atoms with Gasteiger partial charge in [-0.1, -0.05) is 44.2 Å². The predicted octanol–water partition coefficient (Wildman–Crippen LogP) is 3.22. The van der Waals surface area contributed by atoms with E-state index in [1.54, 1.807) is 24.3 Å². The van der Waals surface area contributed by atoms with Crippen LogP contribution in [0.5, 0.6) is 0 Å². The Bertz CT molecular complexity index is 546. The molecule has 118 valence electrons. The van der Waals surface area contributed by atoms with Gasteiger partial charge < -0.3 is 10.4 Å². The average molecular weight is 301 g/mol. The lowest BCUT2D eigenvalue weighted by molar-refractivity contribution is -0.123. The molecule has 0 spiro atoms. The van der Waals surface area contributed by atoms with Crippen molar-refractivity contribution in [3.63, 3.8) is 0 Å². The molecule has 1 aromatic rings. The number of rotatable bonds is 5. The minimum atomic E-state index is -0.927. The zero-order chi connectivity index (χ0) is 15.5. The molecule has 2 atom stereocenters. The maximum Gasteiger partial charge on any atom is 0.335 e. The molecule has 4 nitrogen and oxygen atoms in total. The largest absolute Gasteiger partial charge is 0.478 e. The van der Waals surface area contributed by atoms with E-state index in [2.05, 4.69) is 5.32 Å². The van der Waals surface area contributed by atoms with Gasteiger partial charge >= 0.3 is 5.97 Å². The number of carboxylic acids is 1. The van der Waals surface area contributed by atoms with Gasteiger partial charge in [0, 0.05) is 12.5 Å². The zero-order valence-corrected chi connectivity index (χ0v) is 12.8. The number of carboxylic acid groups (broad SMARTS) is 1. The van der Waals surface area contributed by atoms with Crippen molar-refractivity contribution in [2.75, 3.05) is 0 Å². The average Bonchev–Trinajstić information content (AvgIpc) is 3.34. The fourth-order valence-corrected chi connectivity index (χ4v) is 3.68. The number of nitrogens with one attached hydrogen (secondary N) is 1. The van der Waals surface area contributed by atoms with Gasteiger partial charge in [-0.15, -0.1) is 0 Å². The molecule has 4 heteroatoms. The maximum absolute atomic E-state index is 12.2. The van der Waals surface area contributed by atoms with Crippen LogP contribution >= 0.6 is 0 Å². The lowest BCUT2D eigenvalue weighted by atomic mass is 9.85. The van der Waals surface area contributed by atoms with E-state index in [9.17, 15) is 9.59 Å². The number of hydrogen-bond donors (Lipinski definition) is 2. The summed E-state index contributed by atoms with van der Waals surface area (Å²) in [4.78, 5) is 23.0. The van der Waals surface area contributed by atoms with Gasteiger partial charge in [-0.05, 0) is 36.0 Å². The van der Waals surface area contributed by atoms with Crippen LogP contribution in [0, 0.1) is 17.8 Å². The predicted molar refractivity (Wildman–Crippen MR) is 83.4 cm³/mol. The van der Waals surface area contributed by atoms with Gasteiger partial charge in [0.05, 0.1) is 5.56 Å². The molecule has 2 fully saturated rings. The monoisotopic (exact) mass is 301 g/mol. The number of hydrogen-bond acceptors (Lipinski definition) is 2. The third kappa shape index (κ3) is 3.49. The van der Waals surface area contributed by atoms with Crippen LogP contribution in [0.15, 0.2) is 24.3 Å². The molecular weight excluding hydrogens is 278 g/mol. The first-order valence-electron chi connectivity index (χ1n) is 8.25. The third-order valence-electron chi connectivity index (χ3n) is 5.10. The van der Waals surface area contributed by atoms with Crippen LogP contribution in [0.25, 0.3) is 0 Å². The molecule has 0 radical (unpaired) electrons. The smallest absolute Gasteiger partial charge is 0.335 e. The number of aromatic carboxylic acids is 1. The SMILES string of the molecule is O=C(O)c1ccc(CNC(=O)C2CC2C2CCCCC2)cc1. The third-order valence-corrected chi connectivity index (χ3v) is 5.10. The van der Waals surface area contributed by atoms with E-state index in [0.717, 1.165) is 17.9 Å². The van der Waals surface area contributed by atoms with Gasteiger partial charge in [-0.2, -0.15) is 0 Å². The molecule has 0 saturated heterocycles. The Morgan fingerprint density at radius 3 is 2.41 bits per heavy atom. The molecule has 1 aromatic carbocycles. The van der Waals surface area contributed by atoms with Crippen molar-refractivity contribution in [1.82, 2.24) is 5.32 Å². The van der Waals surface area contributed by atoms with Crippen LogP contribution in [0.4, 0.5) is 0 Å². The minimum Gasteiger partial charge on any atom is -0.478 e. The maximum atomic E-state index is 12.2. The summed E-state index contributed by atoms with van der Waals surface area (Å²) in [5, 5.41) is 11.9. The summed E-state index contributed by atoms with van der Waals surface area (Å²) in [5.74, 6) is 0.817. The number of amides is 1. The quantitative estimate of drug-likeness (QED) is 0.877. The van der Waals surface area contributed by atoms with Crippen LogP contribution in [-0.2, 0) is 11.3 Å². The first-order chi connectivity index (χ1) is 10.6. The molecular formula is C18H23NO3. The van der Waals surface area contributed by atoms with Gasteiger partial charge in [0.2, 0.25) is 5.91 Å². The molecule has 2 aliphatic carbocycles. The highest BCUT2D eigenvalue weighted by Crippen LogP contribution is 2.49. The molecule has 0 heterocycles. The van der Waals surface area contributed by atoms with Crippen molar-refractivity contribution in [3.8, 4) is 0 Å². The molecule has 3 rings (SSSR count). The molecule has 2 N–H and O–H groups in total. The van der Waals surface area contributed by atoms with E-state index < -0.39 is 5.97 Å². The summed E-state index contributed by atoms with van der Waals surface area (Å²) in [7, 11) is 0. The normalized spacial score (nSPS) is 24.7. The summed E-state index contributed by atoms with van der Waals surface area (Å²) in [6.45, 7) is 0.479. The van der Waals surface area contributed by atoms with E-state index in [4.69, 9.17) is 5.11 Å². The number of carbonyl (C=O) groups is 2. The molecule has 0 bridgehead atoms. The molecule has 0 aliphatic heterocycles. The van der Waals surface area contributed by atoms with E-state index in [1.165, 1.54) is 32.1 Å². The van der Waals surface area contributed by atoms with Crippen molar-refractivity contribution in [1.29, 1.82) is 0 Å². The van der Waals surface area contributed by atoms with Crippen LogP contribution in [-0.4, -0.2) is 17.0 Å². The highest BCUT2D eigenvalue weighted by molar-refractivity contribution is 5.87. The second kappa shape index (κ2) is 6.51. The fourth-order valence-electron chi connectivity index (χ4n) is 3.68. The van der Waals surface area contributed by atoms with Crippen molar-refractivity contribution in [3.05, 3.63) is 35.4 Å². The second-order valence-electron chi connectivity index (χ2n) is 6.62. The van der Waals surface area contributed by atoms with Crippen LogP contribution in [0.1, 0.15) is 54.4 Å². The molecule has 22 heavy (non-hydrogen) atoms. The summed E-state index contributed by atoms with van der Waals surface area (Å²) in [6.07, 6.45) is 7.65. The van der Waals surface area contributed by atoms with Crippen molar-refractivity contribution < 1.29 is 14.7 Å². The lowest BCUT2D eigenvalue weighted by Crippen LogP contribution is -2.26. The number of carbonyl (C=O) groups excluding carboxylic acids is 1. The Morgan fingerprint density at radius 2 is 1.77 bits per heavy atom. The summed E-state index contributed by atoms with van der Waals surface area (Å²) < 4.78 is 0. The highest BCUT2D eigenvalue weighted by atomic mass is 16.4. The Balaban J connectivity index is 1.45. The van der Waals surface area contributed by atoms with Crippen LogP contribution in [0.2, 0.25) is 0 Å². The molecule has 2 saturated carbocycles. The standard InChI is InChI=1S/C18H23NO3/c20-17(16-10-15(16)13-4-2-1-3-5-13)19-11-12-6-8-14(9-7-12)18(21)22/h6-9,13,15-16H,1-5,10-11H2,(H,19,20)(H,21,22). The Labute approximate surface area is 130 Å². The Hall–Kier alpha value is -1.84. The van der Waals surface area contributed by atoms with Gasteiger partial charge in [-0.3, -0.25) is 4.79 Å². The fraction of sp³-hybridized carbons (Fsp3) is 0.556. The Morgan fingerprint density at radius 1 is 1.09 bits per heavy atom. The van der Waals surface area contributed by atoms with E-state index >= 15 is 0 Å². The highest BCUT2D eigenvalue weighted by Gasteiger charge is 2.47. The van der Waals surface area contributed by atoms with E-state index in [-0.39, 0.29) is 17.4 Å². The first kappa shape index (κ1) is 15.1. The lowest BCUT2D eigenvalue weighted by Gasteiger charge is -2.21.